The van der Waals surface area contributed by atoms with E-state index >= 15 is 0 Å². The van der Waals surface area contributed by atoms with E-state index in [0.29, 0.717) is 18.5 Å². The molecule has 0 N–H and O–H groups in total. The minimum atomic E-state index is 0.256. The number of carbonyl (C=O) groups is 1. The van der Waals surface area contributed by atoms with Gasteiger partial charge in [-0.1, -0.05) is 19.3 Å². The van der Waals surface area contributed by atoms with Crippen LogP contribution in [0, 0.1) is 0 Å². The van der Waals surface area contributed by atoms with Crippen molar-refractivity contribution >= 4 is 5.91 Å². The van der Waals surface area contributed by atoms with Crippen molar-refractivity contribution < 1.29 is 9.53 Å². The average molecular weight is 268 g/mol. The summed E-state index contributed by atoms with van der Waals surface area (Å²) in [7, 11) is 0. The van der Waals surface area contributed by atoms with Crippen LogP contribution in [0.3, 0.4) is 0 Å². The van der Waals surface area contributed by atoms with Crippen LogP contribution >= 0.6 is 0 Å². The molecule has 1 aliphatic heterocycles. The molecule has 4 nitrogen and oxygen atoms in total. The van der Waals surface area contributed by atoms with Gasteiger partial charge in [0.15, 0.2) is 0 Å². The van der Waals surface area contributed by atoms with Crippen LogP contribution in [0.4, 0.5) is 0 Å². The highest BCUT2D eigenvalue weighted by atomic mass is 16.5. The van der Waals surface area contributed by atoms with Gasteiger partial charge in [-0.3, -0.25) is 9.69 Å². The molecular formula is C15H28N2O2. The first-order valence-corrected chi connectivity index (χ1v) is 7.84. The van der Waals surface area contributed by atoms with Gasteiger partial charge in [-0.05, 0) is 26.7 Å². The van der Waals surface area contributed by atoms with Crippen molar-refractivity contribution in [2.24, 2.45) is 0 Å². The fourth-order valence-corrected chi connectivity index (χ4v) is 3.35. The lowest BCUT2D eigenvalue weighted by molar-refractivity contribution is -0.137. The van der Waals surface area contributed by atoms with E-state index in [1.165, 1.54) is 32.1 Å². The largest absolute Gasteiger partial charge is 0.376 e. The molecule has 0 bridgehead atoms. The molecule has 2 aliphatic rings. The van der Waals surface area contributed by atoms with E-state index in [1.807, 2.05) is 0 Å². The second kappa shape index (κ2) is 7.25. The van der Waals surface area contributed by atoms with Crippen molar-refractivity contribution in [3.8, 4) is 0 Å². The summed E-state index contributed by atoms with van der Waals surface area (Å²) in [5.74, 6) is 0.309. The molecule has 1 atom stereocenters. The Hall–Kier alpha value is -0.610. The SMILES string of the molecule is CCN(C(=O)CN1CCOC(C)C1)C1CCCCC1. The molecule has 4 heteroatoms. The average Bonchev–Trinajstić information content (AvgIpc) is 2.41. The van der Waals surface area contributed by atoms with E-state index < -0.39 is 0 Å². The van der Waals surface area contributed by atoms with Gasteiger partial charge in [-0.2, -0.15) is 0 Å². The molecule has 19 heavy (non-hydrogen) atoms. The van der Waals surface area contributed by atoms with Crippen molar-refractivity contribution in [1.29, 1.82) is 0 Å². The summed E-state index contributed by atoms with van der Waals surface area (Å²) in [5, 5.41) is 0. The van der Waals surface area contributed by atoms with Crippen LogP contribution in [0.1, 0.15) is 46.0 Å². The number of nitrogens with zero attached hydrogens (tertiary/aromatic N) is 2. The smallest absolute Gasteiger partial charge is 0.236 e. The van der Waals surface area contributed by atoms with E-state index in [-0.39, 0.29) is 6.10 Å². The number of hydrogen-bond acceptors (Lipinski definition) is 3. The number of rotatable bonds is 4. The maximum Gasteiger partial charge on any atom is 0.236 e. The highest BCUT2D eigenvalue weighted by Gasteiger charge is 2.26. The minimum absolute atomic E-state index is 0.256. The Morgan fingerprint density at radius 1 is 1.32 bits per heavy atom. The second-order valence-corrected chi connectivity index (χ2v) is 5.89. The van der Waals surface area contributed by atoms with E-state index in [2.05, 4.69) is 23.6 Å². The molecule has 0 aromatic carbocycles. The molecule has 0 radical (unpaired) electrons. The fourth-order valence-electron chi connectivity index (χ4n) is 3.35. The van der Waals surface area contributed by atoms with Gasteiger partial charge < -0.3 is 9.64 Å². The summed E-state index contributed by atoms with van der Waals surface area (Å²) in [6.07, 6.45) is 6.54. The summed E-state index contributed by atoms with van der Waals surface area (Å²) in [4.78, 5) is 16.8. The summed E-state index contributed by atoms with van der Waals surface area (Å²) >= 11 is 0. The number of morpholine rings is 1. The van der Waals surface area contributed by atoms with Crippen LogP contribution in [0.2, 0.25) is 0 Å². The first-order valence-electron chi connectivity index (χ1n) is 7.84. The Labute approximate surface area is 117 Å². The predicted molar refractivity (Wildman–Crippen MR) is 76.1 cm³/mol. The molecule has 2 fully saturated rings. The third-order valence-corrected chi connectivity index (χ3v) is 4.36. The van der Waals surface area contributed by atoms with Gasteiger partial charge in [-0.25, -0.2) is 0 Å². The maximum atomic E-state index is 12.5. The number of carbonyl (C=O) groups excluding carboxylic acids is 1. The molecule has 1 heterocycles. The zero-order valence-corrected chi connectivity index (χ0v) is 12.4. The lowest BCUT2D eigenvalue weighted by Crippen LogP contribution is -2.49. The zero-order chi connectivity index (χ0) is 13.7. The van der Waals surface area contributed by atoms with Crippen LogP contribution in [0.5, 0.6) is 0 Å². The highest BCUT2D eigenvalue weighted by molar-refractivity contribution is 5.78. The molecule has 0 spiro atoms. The fraction of sp³-hybridized carbons (Fsp3) is 0.933. The molecule has 0 aromatic heterocycles. The summed E-state index contributed by atoms with van der Waals surface area (Å²) in [6.45, 7) is 8.13. The quantitative estimate of drug-likeness (QED) is 0.780. The Morgan fingerprint density at radius 2 is 2.05 bits per heavy atom. The van der Waals surface area contributed by atoms with E-state index in [9.17, 15) is 4.79 Å². The molecular weight excluding hydrogens is 240 g/mol. The Kier molecular flexibility index (Phi) is 5.64. The molecule has 1 aliphatic carbocycles. The van der Waals surface area contributed by atoms with Crippen LogP contribution in [0.25, 0.3) is 0 Å². The lowest BCUT2D eigenvalue weighted by Gasteiger charge is -2.36. The number of ether oxygens (including phenoxy) is 1. The highest BCUT2D eigenvalue weighted by Crippen LogP contribution is 2.22. The first-order chi connectivity index (χ1) is 9.20. The van der Waals surface area contributed by atoms with Crippen molar-refractivity contribution in [2.75, 3.05) is 32.8 Å². The van der Waals surface area contributed by atoms with Crippen LogP contribution in [0.15, 0.2) is 0 Å². The summed E-state index contributed by atoms with van der Waals surface area (Å²) < 4.78 is 5.53. The minimum Gasteiger partial charge on any atom is -0.376 e. The van der Waals surface area contributed by atoms with E-state index in [0.717, 1.165) is 26.2 Å². The lowest BCUT2D eigenvalue weighted by atomic mass is 9.94. The third-order valence-electron chi connectivity index (χ3n) is 4.36. The Morgan fingerprint density at radius 3 is 2.68 bits per heavy atom. The van der Waals surface area contributed by atoms with E-state index in [1.54, 1.807) is 0 Å². The van der Waals surface area contributed by atoms with Crippen LogP contribution in [-0.4, -0.2) is 60.6 Å². The molecule has 1 saturated heterocycles. The number of hydrogen-bond donors (Lipinski definition) is 0. The molecule has 1 unspecified atom stereocenters. The molecule has 1 saturated carbocycles. The van der Waals surface area contributed by atoms with Gasteiger partial charge in [0.05, 0.1) is 19.3 Å². The Bertz CT molecular complexity index is 290. The standard InChI is InChI=1S/C15H28N2O2/c1-3-17(14-7-5-4-6-8-14)15(18)12-16-9-10-19-13(2)11-16/h13-14H,3-12H2,1-2H3. The van der Waals surface area contributed by atoms with Gasteiger partial charge in [0, 0.05) is 25.7 Å². The molecule has 2 rings (SSSR count). The number of likely N-dealkylation sites (N-methyl/N-ethyl adjacent to an activating group) is 1. The van der Waals surface area contributed by atoms with Crippen LogP contribution < -0.4 is 0 Å². The second-order valence-electron chi connectivity index (χ2n) is 5.89. The Balaban J connectivity index is 1.85. The zero-order valence-electron chi connectivity index (χ0n) is 12.4. The summed E-state index contributed by atoms with van der Waals surface area (Å²) in [5.41, 5.74) is 0. The third kappa shape index (κ3) is 4.18. The van der Waals surface area contributed by atoms with Crippen molar-refractivity contribution in [3.63, 3.8) is 0 Å². The van der Waals surface area contributed by atoms with Crippen molar-refractivity contribution in [1.82, 2.24) is 9.80 Å². The molecule has 0 aromatic rings. The van der Waals surface area contributed by atoms with Gasteiger partial charge in [0.1, 0.15) is 0 Å². The van der Waals surface area contributed by atoms with Gasteiger partial charge in [0.2, 0.25) is 5.91 Å². The van der Waals surface area contributed by atoms with E-state index in [4.69, 9.17) is 4.74 Å². The molecule has 1 amide bonds. The van der Waals surface area contributed by atoms with Gasteiger partial charge >= 0.3 is 0 Å². The predicted octanol–water partition coefficient (Wildman–Crippen LogP) is 1.89. The monoisotopic (exact) mass is 268 g/mol. The van der Waals surface area contributed by atoms with Crippen molar-refractivity contribution in [2.45, 2.75) is 58.1 Å². The first kappa shape index (κ1) is 14.8. The number of amides is 1. The molecule has 110 valence electrons. The van der Waals surface area contributed by atoms with Gasteiger partial charge in [0.25, 0.3) is 0 Å². The van der Waals surface area contributed by atoms with Gasteiger partial charge in [-0.15, -0.1) is 0 Å². The topological polar surface area (TPSA) is 32.8 Å². The maximum absolute atomic E-state index is 12.5. The summed E-state index contributed by atoms with van der Waals surface area (Å²) in [6, 6.07) is 0.490. The normalized spacial score (nSPS) is 26.3. The van der Waals surface area contributed by atoms with Crippen molar-refractivity contribution in [3.05, 3.63) is 0 Å². The van der Waals surface area contributed by atoms with Crippen LogP contribution in [-0.2, 0) is 9.53 Å².